The van der Waals surface area contributed by atoms with Crippen LogP contribution in [-0.4, -0.2) is 81.0 Å². The quantitative estimate of drug-likeness (QED) is 0.0708. The predicted molar refractivity (Wildman–Crippen MR) is 168 cm³/mol. The minimum Gasteiger partial charge on any atom is -0.463 e. The maximum absolute atomic E-state index is 12.2. The highest BCUT2D eigenvalue weighted by molar-refractivity contribution is 5.69. The molecule has 1 rings (SSSR count). The summed E-state index contributed by atoms with van der Waals surface area (Å²) in [6.07, 6.45) is 23.1. The number of rotatable bonds is 29. The van der Waals surface area contributed by atoms with Crippen molar-refractivity contribution in [2.75, 3.05) is 40.5 Å². The summed E-state index contributed by atoms with van der Waals surface area (Å²) in [5, 5.41) is 10.6. The minimum atomic E-state index is -1.07. The minimum absolute atomic E-state index is 0.0735. The molecule has 0 spiro atoms. The number of aliphatic hydroxyl groups excluding tert-OH is 1. The Morgan fingerprint density at radius 3 is 1.51 bits per heavy atom. The van der Waals surface area contributed by atoms with Gasteiger partial charge in [0.2, 0.25) is 0 Å². The SMILES string of the molecule is CCCCCCCCCCCCO[C@@H]1[C@H](OCCCCCCCCCCCC)[C@H](O)O[C@@H]1COC(=O)CCN(C)C. The predicted octanol–water partition coefficient (Wildman–Crippen LogP) is 7.81. The van der Waals surface area contributed by atoms with Gasteiger partial charge in [-0.05, 0) is 26.9 Å². The van der Waals surface area contributed by atoms with Crippen LogP contribution in [0.1, 0.15) is 149 Å². The van der Waals surface area contributed by atoms with Crippen LogP contribution in [0.5, 0.6) is 0 Å². The van der Waals surface area contributed by atoms with E-state index in [1.807, 2.05) is 19.0 Å². The largest absolute Gasteiger partial charge is 0.463 e. The Hall–Kier alpha value is -0.730. The first-order chi connectivity index (χ1) is 20.0. The van der Waals surface area contributed by atoms with Gasteiger partial charge >= 0.3 is 5.97 Å². The summed E-state index contributed by atoms with van der Waals surface area (Å²) >= 11 is 0. The Balaban J connectivity index is 2.37. The van der Waals surface area contributed by atoms with E-state index >= 15 is 0 Å². The molecular weight excluding hydrogens is 518 g/mol. The topological polar surface area (TPSA) is 77.5 Å². The van der Waals surface area contributed by atoms with Gasteiger partial charge in [0.05, 0.1) is 6.42 Å². The zero-order valence-electron chi connectivity index (χ0n) is 27.4. The second kappa shape index (κ2) is 26.9. The lowest BCUT2D eigenvalue weighted by atomic mass is 10.1. The lowest BCUT2D eigenvalue weighted by Gasteiger charge is -2.24. The summed E-state index contributed by atoms with van der Waals surface area (Å²) in [5.74, 6) is -0.264. The van der Waals surface area contributed by atoms with E-state index in [0.29, 0.717) is 26.2 Å². The molecule has 1 saturated heterocycles. The molecule has 7 nitrogen and oxygen atoms in total. The molecule has 41 heavy (non-hydrogen) atoms. The molecule has 0 saturated carbocycles. The highest BCUT2D eigenvalue weighted by atomic mass is 16.7. The fourth-order valence-electron chi connectivity index (χ4n) is 5.40. The van der Waals surface area contributed by atoms with Crippen molar-refractivity contribution in [2.24, 2.45) is 0 Å². The molecule has 0 unspecified atom stereocenters. The fourth-order valence-corrected chi connectivity index (χ4v) is 5.40. The van der Waals surface area contributed by atoms with Crippen molar-refractivity contribution < 1.29 is 28.8 Å². The van der Waals surface area contributed by atoms with Crippen LogP contribution in [-0.2, 0) is 23.7 Å². The fraction of sp³-hybridized carbons (Fsp3) is 0.971. The number of unbranched alkanes of at least 4 members (excludes halogenated alkanes) is 18. The van der Waals surface area contributed by atoms with E-state index in [1.54, 1.807) is 0 Å². The molecule has 7 heteroatoms. The van der Waals surface area contributed by atoms with E-state index in [1.165, 1.54) is 103 Å². The van der Waals surface area contributed by atoms with Crippen molar-refractivity contribution in [3.05, 3.63) is 0 Å². The second-order valence-corrected chi connectivity index (χ2v) is 12.3. The number of aliphatic hydroxyl groups is 1. The normalized spacial score (nSPS) is 20.7. The molecule has 1 fully saturated rings. The molecule has 0 aromatic heterocycles. The van der Waals surface area contributed by atoms with Gasteiger partial charge in [-0.1, -0.05) is 129 Å². The third-order valence-corrected chi connectivity index (χ3v) is 8.07. The molecule has 1 N–H and O–H groups in total. The highest BCUT2D eigenvalue weighted by Crippen LogP contribution is 2.27. The molecule has 4 atom stereocenters. The maximum atomic E-state index is 12.2. The van der Waals surface area contributed by atoms with Gasteiger partial charge in [-0.25, -0.2) is 0 Å². The number of hydrogen-bond acceptors (Lipinski definition) is 7. The van der Waals surface area contributed by atoms with Gasteiger partial charge in [0.15, 0.2) is 6.29 Å². The first-order valence-corrected chi connectivity index (χ1v) is 17.4. The first-order valence-electron chi connectivity index (χ1n) is 17.4. The van der Waals surface area contributed by atoms with Crippen LogP contribution in [0, 0.1) is 0 Å². The Kier molecular flexibility index (Phi) is 25.1. The van der Waals surface area contributed by atoms with Crippen LogP contribution in [0.15, 0.2) is 0 Å². The molecule has 0 radical (unpaired) electrons. The molecule has 0 amide bonds. The smallest absolute Gasteiger partial charge is 0.307 e. The lowest BCUT2D eigenvalue weighted by Crippen LogP contribution is -2.40. The third kappa shape index (κ3) is 20.8. The van der Waals surface area contributed by atoms with Gasteiger partial charge in [-0.2, -0.15) is 0 Å². The van der Waals surface area contributed by atoms with Crippen molar-refractivity contribution in [2.45, 2.75) is 173 Å². The van der Waals surface area contributed by atoms with Gasteiger partial charge in [-0.15, -0.1) is 0 Å². The summed E-state index contributed by atoms with van der Waals surface area (Å²) in [5.41, 5.74) is 0. The van der Waals surface area contributed by atoms with Gasteiger partial charge in [-0.3, -0.25) is 4.79 Å². The third-order valence-electron chi connectivity index (χ3n) is 8.07. The van der Waals surface area contributed by atoms with Crippen LogP contribution < -0.4 is 0 Å². The van der Waals surface area contributed by atoms with E-state index in [9.17, 15) is 9.90 Å². The number of carbonyl (C=O) groups excluding carboxylic acids is 1. The summed E-state index contributed by atoms with van der Waals surface area (Å²) in [7, 11) is 3.86. The van der Waals surface area contributed by atoms with Crippen molar-refractivity contribution in [3.8, 4) is 0 Å². The van der Waals surface area contributed by atoms with E-state index in [0.717, 1.165) is 25.7 Å². The number of ether oxygens (including phenoxy) is 4. The van der Waals surface area contributed by atoms with E-state index < -0.39 is 24.6 Å². The Bertz CT molecular complexity index is 590. The second-order valence-electron chi connectivity index (χ2n) is 12.3. The molecule has 244 valence electrons. The molecule has 1 heterocycles. The molecule has 0 aliphatic carbocycles. The molecule has 0 aromatic rings. The van der Waals surface area contributed by atoms with Crippen molar-refractivity contribution in [1.82, 2.24) is 4.90 Å². The van der Waals surface area contributed by atoms with Crippen LogP contribution >= 0.6 is 0 Å². The van der Waals surface area contributed by atoms with Crippen LogP contribution in [0.4, 0.5) is 0 Å². The molecule has 0 bridgehead atoms. The summed E-state index contributed by atoms with van der Waals surface area (Å²) in [4.78, 5) is 14.1. The van der Waals surface area contributed by atoms with Gasteiger partial charge < -0.3 is 29.0 Å². The van der Waals surface area contributed by atoms with Crippen molar-refractivity contribution >= 4 is 5.97 Å². The summed E-state index contributed by atoms with van der Waals surface area (Å²) < 4.78 is 23.6. The van der Waals surface area contributed by atoms with Crippen molar-refractivity contribution in [3.63, 3.8) is 0 Å². The first kappa shape index (κ1) is 38.3. The Morgan fingerprint density at radius 2 is 1.07 bits per heavy atom. The average molecular weight is 586 g/mol. The van der Waals surface area contributed by atoms with Crippen LogP contribution in [0.25, 0.3) is 0 Å². The van der Waals surface area contributed by atoms with Gasteiger partial charge in [0.1, 0.15) is 24.9 Å². The van der Waals surface area contributed by atoms with E-state index in [2.05, 4.69) is 13.8 Å². The summed E-state index contributed by atoms with van der Waals surface area (Å²) in [6.45, 7) is 6.40. The van der Waals surface area contributed by atoms with Gasteiger partial charge in [0.25, 0.3) is 0 Å². The number of hydrogen-bond donors (Lipinski definition) is 1. The molecule has 1 aliphatic heterocycles. The van der Waals surface area contributed by atoms with Crippen LogP contribution in [0.3, 0.4) is 0 Å². The van der Waals surface area contributed by atoms with Gasteiger partial charge in [0, 0.05) is 19.8 Å². The standard InChI is InChI=1S/C34H67NO6/c1-5-7-9-11-13-15-17-19-21-23-27-38-32-30(29-40-31(36)25-26-35(3)4)41-34(37)33(32)39-28-24-22-20-18-16-14-12-10-8-6-2/h30,32-34,37H,5-29H2,1-4H3/t30-,32+,33+,34-/m1/s1. The summed E-state index contributed by atoms with van der Waals surface area (Å²) in [6, 6.07) is 0. The average Bonchev–Trinajstić information content (AvgIpc) is 3.25. The zero-order chi connectivity index (χ0) is 30.0. The zero-order valence-corrected chi connectivity index (χ0v) is 27.4. The molecule has 1 aliphatic rings. The Labute approximate surface area is 253 Å². The monoisotopic (exact) mass is 585 g/mol. The highest BCUT2D eigenvalue weighted by Gasteiger charge is 2.46. The maximum Gasteiger partial charge on any atom is 0.307 e. The van der Waals surface area contributed by atoms with E-state index in [-0.39, 0.29) is 12.6 Å². The van der Waals surface area contributed by atoms with Crippen LogP contribution in [0.2, 0.25) is 0 Å². The lowest BCUT2D eigenvalue weighted by molar-refractivity contribution is -0.161. The van der Waals surface area contributed by atoms with E-state index in [4.69, 9.17) is 18.9 Å². The number of nitrogens with zero attached hydrogens (tertiary/aromatic N) is 1. The van der Waals surface area contributed by atoms with Crippen molar-refractivity contribution in [1.29, 1.82) is 0 Å². The number of carbonyl (C=O) groups is 1. The molecule has 0 aromatic carbocycles. The molecular formula is C34H67NO6. The Morgan fingerprint density at radius 1 is 0.659 bits per heavy atom. The number of esters is 1.